The maximum absolute atomic E-state index is 12.1. The molecule has 1 aromatic carbocycles. The molecule has 0 bridgehead atoms. The molecule has 26 heavy (non-hydrogen) atoms. The number of nitrogens with one attached hydrogen (secondary N) is 2. The number of halogens is 3. The van der Waals surface area contributed by atoms with Crippen molar-refractivity contribution in [1.29, 1.82) is 0 Å². The Hall–Kier alpha value is -1.31. The Morgan fingerprint density at radius 1 is 1.08 bits per heavy atom. The second-order valence-electron chi connectivity index (χ2n) is 5.78. The number of rotatable bonds is 6. The fourth-order valence-electron chi connectivity index (χ4n) is 2.77. The highest BCUT2D eigenvalue weighted by molar-refractivity contribution is 5.86. The molecule has 0 saturated carbocycles. The predicted octanol–water partition coefficient (Wildman–Crippen LogP) is 1.72. The van der Waals surface area contributed by atoms with Crippen LogP contribution in [-0.4, -0.2) is 53.3 Å². The molecule has 1 aromatic heterocycles. The van der Waals surface area contributed by atoms with Crippen molar-refractivity contribution in [1.82, 2.24) is 25.3 Å². The fraction of sp³-hybridized carbons (Fsp3) is 0.412. The summed E-state index contributed by atoms with van der Waals surface area (Å²) in [6.07, 6.45) is 3.72. The van der Waals surface area contributed by atoms with E-state index in [1.54, 1.807) is 6.20 Å². The first-order valence-corrected chi connectivity index (χ1v) is 8.05. The van der Waals surface area contributed by atoms with Crippen molar-refractivity contribution in [3.05, 3.63) is 53.9 Å². The molecular weight excluding hydrogens is 397 g/mol. The summed E-state index contributed by atoms with van der Waals surface area (Å²) in [5, 5.41) is 10.6. The lowest BCUT2D eigenvalue weighted by Crippen LogP contribution is -2.47. The van der Waals surface area contributed by atoms with Crippen LogP contribution in [0.5, 0.6) is 0 Å². The molecular formula is C17H26Cl3N5O. The van der Waals surface area contributed by atoms with Crippen LogP contribution in [0.3, 0.4) is 0 Å². The molecule has 2 N–H and O–H groups in total. The molecule has 0 radical (unpaired) electrons. The van der Waals surface area contributed by atoms with E-state index < -0.39 is 0 Å². The third-order valence-corrected chi connectivity index (χ3v) is 4.06. The van der Waals surface area contributed by atoms with Gasteiger partial charge in [-0.05, 0) is 17.2 Å². The zero-order valence-electron chi connectivity index (χ0n) is 14.5. The highest BCUT2D eigenvalue weighted by Gasteiger charge is 2.13. The standard InChI is InChI=1S/C17H23N5O.3ClH/c23-17(14-21-10-7-18-8-11-21)19-12-15-4-1-2-5-16(15)13-22-9-3-6-20-22;;;/h1-6,9,18H,7-8,10-14H2,(H,19,23);3*1H. The van der Waals surface area contributed by atoms with Crippen LogP contribution in [0.1, 0.15) is 11.1 Å². The van der Waals surface area contributed by atoms with Crippen molar-refractivity contribution < 1.29 is 4.79 Å². The molecule has 3 rings (SSSR count). The van der Waals surface area contributed by atoms with E-state index >= 15 is 0 Å². The van der Waals surface area contributed by atoms with Crippen LogP contribution in [0, 0.1) is 0 Å². The monoisotopic (exact) mass is 421 g/mol. The number of hydrogen-bond acceptors (Lipinski definition) is 4. The topological polar surface area (TPSA) is 62.2 Å². The molecule has 1 amide bonds. The average molecular weight is 423 g/mol. The Labute approximate surface area is 172 Å². The quantitative estimate of drug-likeness (QED) is 0.744. The molecule has 9 heteroatoms. The minimum atomic E-state index is 0. The molecule has 1 fully saturated rings. The van der Waals surface area contributed by atoms with Gasteiger partial charge in [0, 0.05) is 45.1 Å². The van der Waals surface area contributed by atoms with E-state index in [0.717, 1.165) is 38.3 Å². The van der Waals surface area contributed by atoms with E-state index in [4.69, 9.17) is 0 Å². The SMILES string of the molecule is Cl.Cl.Cl.O=C(CN1CCNCC1)NCc1ccccc1Cn1cccn1. The molecule has 6 nitrogen and oxygen atoms in total. The third-order valence-electron chi connectivity index (χ3n) is 4.06. The molecule has 1 aliphatic heterocycles. The lowest BCUT2D eigenvalue weighted by molar-refractivity contribution is -0.122. The number of amides is 1. The van der Waals surface area contributed by atoms with Gasteiger partial charge in [-0.1, -0.05) is 24.3 Å². The van der Waals surface area contributed by atoms with Gasteiger partial charge in [0.05, 0.1) is 13.1 Å². The van der Waals surface area contributed by atoms with Crippen molar-refractivity contribution in [2.75, 3.05) is 32.7 Å². The summed E-state index contributed by atoms with van der Waals surface area (Å²) < 4.78 is 1.89. The molecule has 2 heterocycles. The van der Waals surface area contributed by atoms with Crippen molar-refractivity contribution in [2.24, 2.45) is 0 Å². The fourth-order valence-corrected chi connectivity index (χ4v) is 2.77. The van der Waals surface area contributed by atoms with Crippen LogP contribution in [0.2, 0.25) is 0 Å². The third kappa shape index (κ3) is 7.51. The molecule has 2 aromatic rings. The van der Waals surface area contributed by atoms with Gasteiger partial charge < -0.3 is 10.6 Å². The highest BCUT2D eigenvalue weighted by Crippen LogP contribution is 2.10. The Morgan fingerprint density at radius 2 is 1.77 bits per heavy atom. The minimum absolute atomic E-state index is 0. The number of benzene rings is 1. The van der Waals surface area contributed by atoms with E-state index in [0.29, 0.717) is 13.1 Å². The molecule has 0 spiro atoms. The number of carbonyl (C=O) groups is 1. The Balaban J connectivity index is 0.00000208. The Bertz CT molecular complexity index is 633. The van der Waals surface area contributed by atoms with Crippen molar-refractivity contribution in [2.45, 2.75) is 13.1 Å². The van der Waals surface area contributed by atoms with Crippen molar-refractivity contribution in [3.8, 4) is 0 Å². The van der Waals surface area contributed by atoms with Crippen LogP contribution < -0.4 is 10.6 Å². The molecule has 0 aliphatic carbocycles. The normalized spacial score (nSPS) is 13.7. The van der Waals surface area contributed by atoms with Crippen LogP contribution in [0.25, 0.3) is 0 Å². The van der Waals surface area contributed by atoms with Gasteiger partial charge in [0.15, 0.2) is 0 Å². The van der Waals surface area contributed by atoms with E-state index in [2.05, 4.69) is 32.8 Å². The minimum Gasteiger partial charge on any atom is -0.351 e. The smallest absolute Gasteiger partial charge is 0.234 e. The van der Waals surface area contributed by atoms with Gasteiger partial charge in [-0.25, -0.2) is 0 Å². The van der Waals surface area contributed by atoms with Crippen LogP contribution >= 0.6 is 37.2 Å². The number of aromatic nitrogens is 2. The largest absolute Gasteiger partial charge is 0.351 e. The van der Waals surface area contributed by atoms with E-state index in [1.807, 2.05) is 29.1 Å². The van der Waals surface area contributed by atoms with Crippen LogP contribution in [-0.2, 0) is 17.9 Å². The van der Waals surface area contributed by atoms with Gasteiger partial charge in [-0.2, -0.15) is 5.10 Å². The molecule has 146 valence electrons. The van der Waals surface area contributed by atoms with Gasteiger partial charge in [0.2, 0.25) is 5.91 Å². The number of nitrogens with zero attached hydrogens (tertiary/aromatic N) is 3. The summed E-state index contributed by atoms with van der Waals surface area (Å²) in [6.45, 7) is 5.54. The number of piperazine rings is 1. The molecule has 1 saturated heterocycles. The number of hydrogen-bond donors (Lipinski definition) is 2. The first-order valence-electron chi connectivity index (χ1n) is 8.05. The lowest BCUT2D eigenvalue weighted by atomic mass is 10.1. The zero-order chi connectivity index (χ0) is 15.9. The Morgan fingerprint density at radius 3 is 2.42 bits per heavy atom. The van der Waals surface area contributed by atoms with Gasteiger partial charge in [-0.15, -0.1) is 37.2 Å². The maximum atomic E-state index is 12.1. The summed E-state index contributed by atoms with van der Waals surface area (Å²) in [4.78, 5) is 14.3. The summed E-state index contributed by atoms with van der Waals surface area (Å²) in [6, 6.07) is 10.1. The lowest BCUT2D eigenvalue weighted by Gasteiger charge is -2.26. The summed E-state index contributed by atoms with van der Waals surface area (Å²) in [5.74, 6) is 0.0841. The van der Waals surface area contributed by atoms with Crippen molar-refractivity contribution >= 4 is 43.1 Å². The zero-order valence-corrected chi connectivity index (χ0v) is 16.9. The van der Waals surface area contributed by atoms with Crippen LogP contribution in [0.4, 0.5) is 0 Å². The number of carbonyl (C=O) groups excluding carboxylic acids is 1. The van der Waals surface area contributed by atoms with Crippen LogP contribution in [0.15, 0.2) is 42.7 Å². The maximum Gasteiger partial charge on any atom is 0.234 e. The van der Waals surface area contributed by atoms with Crippen molar-refractivity contribution in [3.63, 3.8) is 0 Å². The Kier molecular flexibility index (Phi) is 12.3. The van der Waals surface area contributed by atoms with Gasteiger partial charge in [0.1, 0.15) is 0 Å². The summed E-state index contributed by atoms with van der Waals surface area (Å²) in [5.41, 5.74) is 2.32. The van der Waals surface area contributed by atoms with E-state index in [1.165, 1.54) is 5.56 Å². The first kappa shape index (κ1) is 24.7. The summed E-state index contributed by atoms with van der Waals surface area (Å²) in [7, 11) is 0. The molecule has 0 atom stereocenters. The highest BCUT2D eigenvalue weighted by atomic mass is 35.5. The van der Waals surface area contributed by atoms with E-state index in [-0.39, 0.29) is 43.1 Å². The van der Waals surface area contributed by atoms with Gasteiger partial charge in [0.25, 0.3) is 0 Å². The first-order chi connectivity index (χ1) is 11.3. The average Bonchev–Trinajstić information content (AvgIpc) is 3.08. The second-order valence-corrected chi connectivity index (χ2v) is 5.78. The molecule has 1 aliphatic rings. The molecule has 0 unspecified atom stereocenters. The predicted molar refractivity (Wildman–Crippen MR) is 111 cm³/mol. The summed E-state index contributed by atoms with van der Waals surface area (Å²) >= 11 is 0. The van der Waals surface area contributed by atoms with Gasteiger partial charge >= 0.3 is 0 Å². The van der Waals surface area contributed by atoms with Gasteiger partial charge in [-0.3, -0.25) is 14.4 Å². The van der Waals surface area contributed by atoms with E-state index in [9.17, 15) is 4.79 Å². The second kappa shape index (κ2) is 12.9.